The Bertz CT molecular complexity index is 547. The van der Waals surface area contributed by atoms with Gasteiger partial charge in [0, 0.05) is 30.6 Å². The van der Waals surface area contributed by atoms with Gasteiger partial charge in [0.1, 0.15) is 7.14 Å². The lowest BCUT2D eigenvalue weighted by Gasteiger charge is -2.12. The summed E-state index contributed by atoms with van der Waals surface area (Å²) in [6, 6.07) is 1.09. The summed E-state index contributed by atoms with van der Waals surface area (Å²) in [6.07, 6.45) is 2.50. The van der Waals surface area contributed by atoms with Crippen molar-refractivity contribution in [1.29, 1.82) is 0 Å². The molecule has 0 radical (unpaired) electrons. The molecule has 0 saturated carbocycles. The summed E-state index contributed by atoms with van der Waals surface area (Å²) < 4.78 is 13.3. The molecule has 1 aliphatic rings. The van der Waals surface area contributed by atoms with Gasteiger partial charge < -0.3 is 9.67 Å². The molecule has 1 aromatic heterocycles. The van der Waals surface area contributed by atoms with Crippen LogP contribution >= 0.6 is 7.14 Å². The van der Waals surface area contributed by atoms with E-state index in [0.717, 1.165) is 0 Å². The fourth-order valence-electron chi connectivity index (χ4n) is 2.02. The minimum atomic E-state index is -2.50. The van der Waals surface area contributed by atoms with Crippen LogP contribution in [-0.2, 0) is 4.57 Å². The van der Waals surface area contributed by atoms with Crippen molar-refractivity contribution >= 4 is 7.14 Å². The first kappa shape index (κ1) is 11.4. The van der Waals surface area contributed by atoms with Crippen LogP contribution < -0.4 is 11.2 Å². The van der Waals surface area contributed by atoms with Crippen LogP contribution in [0.4, 0.5) is 0 Å². The first-order chi connectivity index (χ1) is 7.54. The SMILES string of the molecule is O=c1ccn([C@@H]2CCP(=O)(CO)C2)c(=O)[nH]1. The van der Waals surface area contributed by atoms with E-state index in [1.54, 1.807) is 0 Å². The predicted octanol–water partition coefficient (Wildman–Crippen LogP) is -0.206. The normalized spacial score (nSPS) is 29.4. The largest absolute Gasteiger partial charge is 0.389 e. The lowest BCUT2D eigenvalue weighted by atomic mass is 10.2. The molecule has 0 aliphatic carbocycles. The zero-order valence-corrected chi connectivity index (χ0v) is 9.52. The van der Waals surface area contributed by atoms with E-state index in [0.29, 0.717) is 18.7 Å². The number of nitrogens with one attached hydrogen (secondary N) is 1. The summed E-state index contributed by atoms with van der Waals surface area (Å²) >= 11 is 0. The second-order valence-electron chi connectivity index (χ2n) is 4.07. The lowest BCUT2D eigenvalue weighted by molar-refractivity contribution is 0.358. The topological polar surface area (TPSA) is 92.2 Å². The van der Waals surface area contributed by atoms with Crippen LogP contribution in [0.1, 0.15) is 12.5 Å². The number of hydrogen-bond acceptors (Lipinski definition) is 4. The highest BCUT2D eigenvalue weighted by molar-refractivity contribution is 7.64. The maximum atomic E-state index is 11.9. The first-order valence-electron chi connectivity index (χ1n) is 5.03. The van der Waals surface area contributed by atoms with E-state index in [4.69, 9.17) is 5.11 Å². The minimum absolute atomic E-state index is 0.178. The highest BCUT2D eigenvalue weighted by Gasteiger charge is 2.34. The summed E-state index contributed by atoms with van der Waals surface area (Å²) in [5.41, 5.74) is -0.923. The fourth-order valence-corrected chi connectivity index (χ4v) is 4.36. The number of aliphatic hydroxyl groups is 1. The molecular weight excluding hydrogens is 231 g/mol. The van der Waals surface area contributed by atoms with E-state index in [-0.39, 0.29) is 12.4 Å². The third-order valence-electron chi connectivity index (χ3n) is 2.92. The van der Waals surface area contributed by atoms with Gasteiger partial charge in [0.05, 0.1) is 6.35 Å². The number of H-pyrrole nitrogens is 1. The van der Waals surface area contributed by atoms with Crippen LogP contribution in [0.3, 0.4) is 0 Å². The van der Waals surface area contributed by atoms with Gasteiger partial charge in [0.15, 0.2) is 0 Å². The molecule has 1 aromatic rings. The lowest BCUT2D eigenvalue weighted by Crippen LogP contribution is -2.31. The molecule has 7 heteroatoms. The third-order valence-corrected chi connectivity index (χ3v) is 5.59. The van der Waals surface area contributed by atoms with E-state index in [1.165, 1.54) is 16.8 Å². The van der Waals surface area contributed by atoms with Crippen molar-refractivity contribution in [1.82, 2.24) is 9.55 Å². The predicted molar refractivity (Wildman–Crippen MR) is 59.4 cm³/mol. The highest BCUT2D eigenvalue weighted by atomic mass is 31.2. The molecular formula is C9H13N2O4P. The Morgan fingerprint density at radius 1 is 1.56 bits per heavy atom. The number of aromatic amines is 1. The van der Waals surface area contributed by atoms with Gasteiger partial charge in [0.25, 0.3) is 5.56 Å². The van der Waals surface area contributed by atoms with Gasteiger partial charge in [-0.15, -0.1) is 0 Å². The maximum Gasteiger partial charge on any atom is 0.328 e. The number of aliphatic hydroxyl groups excluding tert-OH is 1. The monoisotopic (exact) mass is 244 g/mol. The Morgan fingerprint density at radius 3 is 2.88 bits per heavy atom. The molecule has 6 nitrogen and oxygen atoms in total. The standard InChI is InChI=1S/C9H13N2O4P/c12-6-16(15)4-2-7(5-16)11-3-1-8(13)10-9(11)14/h1,3,7,12H,2,4-6H2,(H,10,13,14)/t7-,16?/m1/s1. The molecule has 2 heterocycles. The van der Waals surface area contributed by atoms with Crippen LogP contribution in [0, 0.1) is 0 Å². The summed E-state index contributed by atoms with van der Waals surface area (Å²) in [7, 11) is -2.50. The molecule has 0 spiro atoms. The van der Waals surface area contributed by atoms with Gasteiger partial charge in [-0.25, -0.2) is 4.79 Å². The van der Waals surface area contributed by atoms with Crippen molar-refractivity contribution in [2.24, 2.45) is 0 Å². The zero-order chi connectivity index (χ0) is 11.8. The molecule has 0 aromatic carbocycles. The van der Waals surface area contributed by atoms with Crippen molar-refractivity contribution < 1.29 is 9.67 Å². The van der Waals surface area contributed by atoms with E-state index < -0.39 is 18.4 Å². The second kappa shape index (κ2) is 4.03. The Labute approximate surface area is 91.3 Å². The minimum Gasteiger partial charge on any atom is -0.389 e. The summed E-state index contributed by atoms with van der Waals surface area (Å²) in [6.45, 7) is 0. The molecule has 88 valence electrons. The van der Waals surface area contributed by atoms with Gasteiger partial charge in [-0.3, -0.25) is 14.3 Å². The summed E-state index contributed by atoms with van der Waals surface area (Å²) in [5, 5.41) is 9.00. The van der Waals surface area contributed by atoms with E-state index in [9.17, 15) is 14.2 Å². The van der Waals surface area contributed by atoms with E-state index >= 15 is 0 Å². The highest BCUT2D eigenvalue weighted by Crippen LogP contribution is 2.54. The van der Waals surface area contributed by atoms with Gasteiger partial charge in [-0.2, -0.15) is 0 Å². The Morgan fingerprint density at radius 2 is 2.31 bits per heavy atom. The summed E-state index contributed by atoms with van der Waals surface area (Å²) in [5.74, 6) is 0. The molecule has 1 aliphatic heterocycles. The van der Waals surface area contributed by atoms with Crippen molar-refractivity contribution in [2.45, 2.75) is 12.5 Å². The van der Waals surface area contributed by atoms with Crippen molar-refractivity contribution in [2.75, 3.05) is 18.7 Å². The van der Waals surface area contributed by atoms with E-state index in [1.807, 2.05) is 0 Å². The number of nitrogens with zero attached hydrogens (tertiary/aromatic N) is 1. The van der Waals surface area contributed by atoms with Crippen LogP contribution in [0.25, 0.3) is 0 Å². The molecule has 2 rings (SSSR count). The van der Waals surface area contributed by atoms with Crippen LogP contribution in [0.5, 0.6) is 0 Å². The zero-order valence-electron chi connectivity index (χ0n) is 8.63. The quantitative estimate of drug-likeness (QED) is 0.704. The fraction of sp³-hybridized carbons (Fsp3) is 0.556. The molecule has 0 bridgehead atoms. The number of rotatable bonds is 2. The van der Waals surface area contributed by atoms with E-state index in [2.05, 4.69) is 4.98 Å². The van der Waals surface area contributed by atoms with Crippen LogP contribution in [-0.4, -0.2) is 33.3 Å². The molecule has 2 N–H and O–H groups in total. The molecule has 1 saturated heterocycles. The van der Waals surface area contributed by atoms with Gasteiger partial charge in [-0.05, 0) is 6.42 Å². The third kappa shape index (κ3) is 2.03. The molecule has 16 heavy (non-hydrogen) atoms. The number of aromatic nitrogens is 2. The van der Waals surface area contributed by atoms with Crippen LogP contribution in [0.15, 0.2) is 21.9 Å². The Hall–Kier alpha value is -1.13. The van der Waals surface area contributed by atoms with Crippen LogP contribution in [0.2, 0.25) is 0 Å². The van der Waals surface area contributed by atoms with Gasteiger partial charge in [0.2, 0.25) is 0 Å². The van der Waals surface area contributed by atoms with Crippen molar-refractivity contribution in [3.63, 3.8) is 0 Å². The second-order valence-corrected chi connectivity index (χ2v) is 7.28. The first-order valence-corrected chi connectivity index (χ1v) is 7.30. The molecule has 2 atom stereocenters. The molecule has 1 unspecified atom stereocenters. The van der Waals surface area contributed by atoms with Crippen molar-refractivity contribution in [3.8, 4) is 0 Å². The van der Waals surface area contributed by atoms with Crippen molar-refractivity contribution in [3.05, 3.63) is 33.1 Å². The maximum absolute atomic E-state index is 11.9. The molecule has 0 amide bonds. The Balaban J connectivity index is 2.31. The average Bonchev–Trinajstić information content (AvgIpc) is 2.62. The average molecular weight is 244 g/mol. The van der Waals surface area contributed by atoms with Gasteiger partial charge in [-0.1, -0.05) is 0 Å². The Kier molecular flexibility index (Phi) is 2.86. The summed E-state index contributed by atoms with van der Waals surface area (Å²) in [4.78, 5) is 24.5. The molecule has 1 fully saturated rings. The number of hydrogen-bond donors (Lipinski definition) is 2. The smallest absolute Gasteiger partial charge is 0.328 e. The van der Waals surface area contributed by atoms with Gasteiger partial charge >= 0.3 is 5.69 Å².